The van der Waals surface area contributed by atoms with E-state index < -0.39 is 12.3 Å². The highest BCUT2D eigenvalue weighted by molar-refractivity contribution is 5.36. The van der Waals surface area contributed by atoms with Crippen LogP contribution in [0.5, 0.6) is 5.88 Å². The SMILES string of the molecule is CC(Oc1nc2c(cc1CN)CCC2)C(F)(F)F. The maximum absolute atomic E-state index is 12.5. The molecular formula is C12H15F3N2O. The third-order valence-electron chi connectivity index (χ3n) is 3.06. The molecule has 6 heteroatoms. The van der Waals surface area contributed by atoms with Crippen LogP contribution >= 0.6 is 0 Å². The third kappa shape index (κ3) is 2.58. The van der Waals surface area contributed by atoms with Crippen LogP contribution in [0.4, 0.5) is 13.2 Å². The quantitative estimate of drug-likeness (QED) is 0.907. The Kier molecular flexibility index (Phi) is 3.47. The van der Waals surface area contributed by atoms with Crippen molar-refractivity contribution in [1.29, 1.82) is 0 Å². The summed E-state index contributed by atoms with van der Waals surface area (Å²) in [6.07, 6.45) is -3.60. The Morgan fingerprint density at radius 2 is 2.17 bits per heavy atom. The molecule has 2 N–H and O–H groups in total. The fourth-order valence-corrected chi connectivity index (χ4v) is 1.98. The molecule has 0 saturated heterocycles. The van der Waals surface area contributed by atoms with Gasteiger partial charge >= 0.3 is 6.18 Å². The first-order chi connectivity index (χ1) is 8.41. The molecule has 0 amide bonds. The van der Waals surface area contributed by atoms with Gasteiger partial charge in [-0.25, -0.2) is 4.98 Å². The molecule has 1 heterocycles. The van der Waals surface area contributed by atoms with Gasteiger partial charge in [0.25, 0.3) is 0 Å². The van der Waals surface area contributed by atoms with Crippen LogP contribution < -0.4 is 10.5 Å². The summed E-state index contributed by atoms with van der Waals surface area (Å²) in [6, 6.07) is 1.81. The molecule has 0 fully saturated rings. The van der Waals surface area contributed by atoms with Gasteiger partial charge < -0.3 is 10.5 Å². The summed E-state index contributed by atoms with van der Waals surface area (Å²) in [4.78, 5) is 4.18. The van der Waals surface area contributed by atoms with Crippen LogP contribution in [0.25, 0.3) is 0 Å². The lowest BCUT2D eigenvalue weighted by Gasteiger charge is -2.19. The Bertz CT molecular complexity index is 446. The van der Waals surface area contributed by atoms with Crippen molar-refractivity contribution in [2.75, 3.05) is 0 Å². The summed E-state index contributed by atoms with van der Waals surface area (Å²) in [5.74, 6) is 0.0166. The molecule has 1 aliphatic carbocycles. The number of hydrogen-bond acceptors (Lipinski definition) is 3. The Morgan fingerprint density at radius 3 is 2.78 bits per heavy atom. The zero-order chi connectivity index (χ0) is 13.3. The molecule has 1 unspecified atom stereocenters. The zero-order valence-electron chi connectivity index (χ0n) is 10.0. The summed E-state index contributed by atoms with van der Waals surface area (Å²) in [5, 5.41) is 0. The molecule has 0 saturated carbocycles. The molecular weight excluding hydrogens is 245 g/mol. The van der Waals surface area contributed by atoms with Crippen molar-refractivity contribution in [1.82, 2.24) is 4.98 Å². The molecule has 0 bridgehead atoms. The van der Waals surface area contributed by atoms with E-state index in [1.807, 2.05) is 6.07 Å². The van der Waals surface area contributed by atoms with Crippen LogP contribution in [-0.4, -0.2) is 17.3 Å². The van der Waals surface area contributed by atoms with E-state index in [0.717, 1.165) is 37.4 Å². The first-order valence-electron chi connectivity index (χ1n) is 5.87. The molecule has 0 aromatic carbocycles. The molecule has 2 rings (SSSR count). The molecule has 0 radical (unpaired) electrons. The van der Waals surface area contributed by atoms with E-state index in [4.69, 9.17) is 10.5 Å². The van der Waals surface area contributed by atoms with Crippen LogP contribution in [0.3, 0.4) is 0 Å². The molecule has 3 nitrogen and oxygen atoms in total. The highest BCUT2D eigenvalue weighted by Gasteiger charge is 2.38. The minimum absolute atomic E-state index is 0.0166. The second kappa shape index (κ2) is 4.76. The van der Waals surface area contributed by atoms with Gasteiger partial charge in [-0.2, -0.15) is 13.2 Å². The Hall–Kier alpha value is -1.30. The zero-order valence-corrected chi connectivity index (χ0v) is 10.0. The number of fused-ring (bicyclic) bond motifs is 1. The number of nitrogens with two attached hydrogens (primary N) is 1. The fourth-order valence-electron chi connectivity index (χ4n) is 1.98. The molecule has 1 aliphatic rings. The highest BCUT2D eigenvalue weighted by Crippen LogP contribution is 2.29. The average molecular weight is 260 g/mol. The standard InChI is InChI=1S/C12H15F3N2O/c1-7(12(13,14)15)18-11-9(6-16)5-8-3-2-4-10(8)17-11/h5,7H,2-4,6,16H2,1H3. The molecule has 0 aliphatic heterocycles. The van der Waals surface area contributed by atoms with Crippen LogP contribution in [-0.2, 0) is 19.4 Å². The van der Waals surface area contributed by atoms with Gasteiger partial charge in [-0.1, -0.05) is 0 Å². The smallest absolute Gasteiger partial charge is 0.425 e. The maximum atomic E-state index is 12.5. The number of aromatic nitrogens is 1. The highest BCUT2D eigenvalue weighted by atomic mass is 19.4. The van der Waals surface area contributed by atoms with Gasteiger partial charge in [-0.05, 0) is 37.8 Å². The summed E-state index contributed by atoms with van der Waals surface area (Å²) < 4.78 is 42.3. The van der Waals surface area contributed by atoms with Crippen molar-refractivity contribution >= 4 is 0 Å². The number of halogens is 3. The second-order valence-electron chi connectivity index (χ2n) is 4.42. The lowest BCUT2D eigenvalue weighted by atomic mass is 10.1. The second-order valence-corrected chi connectivity index (χ2v) is 4.42. The Balaban J connectivity index is 2.27. The van der Waals surface area contributed by atoms with Crippen molar-refractivity contribution in [3.63, 3.8) is 0 Å². The molecule has 0 spiro atoms. The Labute approximate surface area is 103 Å². The van der Waals surface area contributed by atoms with E-state index in [1.54, 1.807) is 0 Å². The van der Waals surface area contributed by atoms with Crippen LogP contribution in [0.2, 0.25) is 0 Å². The average Bonchev–Trinajstić information content (AvgIpc) is 2.73. The van der Waals surface area contributed by atoms with Gasteiger partial charge in [-0.15, -0.1) is 0 Å². The Morgan fingerprint density at radius 1 is 1.44 bits per heavy atom. The normalized spacial score (nSPS) is 16.5. The minimum Gasteiger partial charge on any atom is -0.465 e. The van der Waals surface area contributed by atoms with Gasteiger partial charge in [0, 0.05) is 17.8 Å². The van der Waals surface area contributed by atoms with E-state index in [9.17, 15) is 13.2 Å². The van der Waals surface area contributed by atoms with Gasteiger partial charge in [0.2, 0.25) is 5.88 Å². The fraction of sp³-hybridized carbons (Fsp3) is 0.583. The van der Waals surface area contributed by atoms with Gasteiger partial charge in [0.15, 0.2) is 6.10 Å². The number of ether oxygens (including phenoxy) is 1. The number of hydrogen-bond donors (Lipinski definition) is 1. The predicted octanol–water partition coefficient (Wildman–Crippen LogP) is 2.36. The van der Waals surface area contributed by atoms with Crippen molar-refractivity contribution in [3.05, 3.63) is 22.9 Å². The molecule has 100 valence electrons. The van der Waals surface area contributed by atoms with E-state index in [2.05, 4.69) is 4.98 Å². The van der Waals surface area contributed by atoms with E-state index in [0.29, 0.717) is 5.56 Å². The molecule has 1 atom stereocenters. The monoisotopic (exact) mass is 260 g/mol. The van der Waals surface area contributed by atoms with E-state index in [-0.39, 0.29) is 12.4 Å². The molecule has 1 aromatic rings. The first-order valence-corrected chi connectivity index (χ1v) is 5.87. The van der Waals surface area contributed by atoms with Crippen molar-refractivity contribution in [2.45, 2.75) is 45.0 Å². The van der Waals surface area contributed by atoms with Crippen LogP contribution in [0, 0.1) is 0 Å². The van der Waals surface area contributed by atoms with E-state index in [1.165, 1.54) is 0 Å². The van der Waals surface area contributed by atoms with E-state index >= 15 is 0 Å². The minimum atomic E-state index is -4.40. The largest absolute Gasteiger partial charge is 0.465 e. The van der Waals surface area contributed by atoms with Crippen molar-refractivity contribution in [2.24, 2.45) is 5.73 Å². The number of aryl methyl sites for hydroxylation is 2. The summed E-state index contributed by atoms with van der Waals surface area (Å²) in [6.45, 7) is 1.09. The van der Waals surface area contributed by atoms with Crippen LogP contribution in [0.1, 0.15) is 30.2 Å². The lowest BCUT2D eigenvalue weighted by molar-refractivity contribution is -0.190. The number of rotatable bonds is 3. The number of alkyl halides is 3. The first kappa shape index (κ1) is 13.1. The predicted molar refractivity (Wildman–Crippen MR) is 60.3 cm³/mol. The van der Waals surface area contributed by atoms with Crippen molar-refractivity contribution < 1.29 is 17.9 Å². The molecule has 18 heavy (non-hydrogen) atoms. The number of pyridine rings is 1. The maximum Gasteiger partial charge on any atom is 0.425 e. The van der Waals surface area contributed by atoms with Gasteiger partial charge in [0.1, 0.15) is 0 Å². The lowest BCUT2D eigenvalue weighted by Crippen LogP contribution is -2.32. The van der Waals surface area contributed by atoms with Gasteiger partial charge in [-0.3, -0.25) is 0 Å². The summed E-state index contributed by atoms with van der Waals surface area (Å²) >= 11 is 0. The summed E-state index contributed by atoms with van der Waals surface area (Å²) in [7, 11) is 0. The topological polar surface area (TPSA) is 48.1 Å². The van der Waals surface area contributed by atoms with Gasteiger partial charge in [0.05, 0.1) is 0 Å². The molecule has 1 aromatic heterocycles. The number of nitrogens with zero attached hydrogens (tertiary/aromatic N) is 1. The summed E-state index contributed by atoms with van der Waals surface area (Å²) in [5.41, 5.74) is 7.96. The van der Waals surface area contributed by atoms with Crippen molar-refractivity contribution in [3.8, 4) is 5.88 Å². The van der Waals surface area contributed by atoms with Crippen LogP contribution in [0.15, 0.2) is 6.07 Å². The third-order valence-corrected chi connectivity index (χ3v) is 3.06.